The van der Waals surface area contributed by atoms with Crippen molar-refractivity contribution < 1.29 is 9.90 Å². The number of nitrogens with zero attached hydrogens (tertiary/aromatic N) is 1. The summed E-state index contributed by atoms with van der Waals surface area (Å²) in [6.07, 6.45) is 3.07. The third-order valence-electron chi connectivity index (χ3n) is 2.00. The SMILES string of the molecule is C=CC(C)(C)c1[nH]cnc1C(=O)O. The lowest BCUT2D eigenvalue weighted by molar-refractivity contribution is 0.0688. The van der Waals surface area contributed by atoms with Gasteiger partial charge in [0.05, 0.1) is 12.0 Å². The number of hydrogen-bond donors (Lipinski definition) is 2. The largest absolute Gasteiger partial charge is 0.476 e. The van der Waals surface area contributed by atoms with Crippen molar-refractivity contribution in [1.29, 1.82) is 0 Å². The summed E-state index contributed by atoms with van der Waals surface area (Å²) in [5, 5.41) is 8.80. The van der Waals surface area contributed by atoms with E-state index in [1.165, 1.54) is 6.33 Å². The molecule has 2 N–H and O–H groups in total. The van der Waals surface area contributed by atoms with E-state index >= 15 is 0 Å². The van der Waals surface area contributed by atoms with Gasteiger partial charge in [-0.25, -0.2) is 9.78 Å². The van der Waals surface area contributed by atoms with Crippen LogP contribution in [0.4, 0.5) is 0 Å². The number of allylic oxidation sites excluding steroid dienone is 1. The van der Waals surface area contributed by atoms with E-state index in [9.17, 15) is 4.79 Å². The van der Waals surface area contributed by atoms with Crippen molar-refractivity contribution in [3.8, 4) is 0 Å². The molecule has 70 valence electrons. The lowest BCUT2D eigenvalue weighted by atomic mass is 9.88. The van der Waals surface area contributed by atoms with Crippen molar-refractivity contribution in [2.45, 2.75) is 19.3 Å². The number of hydrogen-bond acceptors (Lipinski definition) is 2. The molecule has 0 aliphatic heterocycles. The fourth-order valence-electron chi connectivity index (χ4n) is 1.05. The summed E-state index contributed by atoms with van der Waals surface area (Å²) in [5.41, 5.74) is 0.240. The van der Waals surface area contributed by atoms with Crippen LogP contribution in [0.3, 0.4) is 0 Å². The van der Waals surface area contributed by atoms with Gasteiger partial charge in [-0.2, -0.15) is 0 Å². The van der Waals surface area contributed by atoms with Crippen molar-refractivity contribution >= 4 is 5.97 Å². The average molecular weight is 180 g/mol. The topological polar surface area (TPSA) is 66.0 Å². The van der Waals surface area contributed by atoms with Gasteiger partial charge in [-0.15, -0.1) is 6.58 Å². The highest BCUT2D eigenvalue weighted by Gasteiger charge is 2.25. The van der Waals surface area contributed by atoms with Crippen molar-refractivity contribution in [2.75, 3.05) is 0 Å². The van der Waals surface area contributed by atoms with Crippen molar-refractivity contribution in [1.82, 2.24) is 9.97 Å². The van der Waals surface area contributed by atoms with Crippen molar-refractivity contribution in [3.05, 3.63) is 30.4 Å². The number of imidazole rings is 1. The standard InChI is InChI=1S/C9H12N2O2/c1-4-9(2,3)7-6(8(12)13)10-5-11-7/h4-5H,1H2,2-3H3,(H,10,11)(H,12,13). The molecule has 0 unspecified atom stereocenters. The molecule has 0 atom stereocenters. The number of carboxylic acid groups (broad SMARTS) is 1. The Morgan fingerprint density at radius 1 is 1.77 bits per heavy atom. The lowest BCUT2D eigenvalue weighted by Crippen LogP contribution is -2.18. The van der Waals surface area contributed by atoms with Crippen LogP contribution in [0.2, 0.25) is 0 Å². The molecule has 4 heteroatoms. The van der Waals surface area contributed by atoms with Crippen LogP contribution >= 0.6 is 0 Å². The summed E-state index contributed by atoms with van der Waals surface area (Å²) in [6.45, 7) is 7.40. The number of H-pyrrole nitrogens is 1. The first-order valence-electron chi connectivity index (χ1n) is 3.90. The Balaban J connectivity index is 3.22. The fraction of sp³-hybridized carbons (Fsp3) is 0.333. The maximum absolute atomic E-state index is 10.7. The second-order valence-electron chi connectivity index (χ2n) is 3.36. The molecule has 13 heavy (non-hydrogen) atoms. The third-order valence-corrected chi connectivity index (χ3v) is 2.00. The minimum atomic E-state index is -1.02. The zero-order valence-corrected chi connectivity index (χ0v) is 7.66. The normalized spacial score (nSPS) is 11.2. The summed E-state index contributed by atoms with van der Waals surface area (Å²) in [6, 6.07) is 0. The molecular weight excluding hydrogens is 168 g/mol. The molecule has 0 saturated heterocycles. The molecule has 1 aromatic rings. The van der Waals surface area contributed by atoms with E-state index in [1.807, 2.05) is 13.8 Å². The van der Waals surface area contributed by atoms with Gasteiger partial charge < -0.3 is 10.1 Å². The monoisotopic (exact) mass is 180 g/mol. The third kappa shape index (κ3) is 1.61. The molecule has 0 radical (unpaired) electrons. The van der Waals surface area contributed by atoms with Crippen LogP contribution in [0.5, 0.6) is 0 Å². The molecule has 0 saturated carbocycles. The number of carboxylic acids is 1. The van der Waals surface area contributed by atoms with E-state index in [0.717, 1.165) is 0 Å². The second-order valence-corrected chi connectivity index (χ2v) is 3.36. The van der Waals surface area contributed by atoms with Crippen molar-refractivity contribution in [2.24, 2.45) is 0 Å². The Morgan fingerprint density at radius 3 is 2.85 bits per heavy atom. The summed E-state index contributed by atoms with van der Waals surface area (Å²) in [7, 11) is 0. The summed E-state index contributed by atoms with van der Waals surface area (Å²) in [4.78, 5) is 17.3. The van der Waals surface area contributed by atoms with E-state index in [1.54, 1.807) is 6.08 Å². The van der Waals surface area contributed by atoms with E-state index < -0.39 is 11.4 Å². The highest BCUT2D eigenvalue weighted by Crippen LogP contribution is 2.24. The quantitative estimate of drug-likeness (QED) is 0.694. The molecule has 0 aliphatic rings. The van der Waals surface area contributed by atoms with Gasteiger partial charge in [0.1, 0.15) is 0 Å². The van der Waals surface area contributed by atoms with Gasteiger partial charge in [0.25, 0.3) is 0 Å². The molecule has 1 aromatic heterocycles. The van der Waals surface area contributed by atoms with Crippen LogP contribution in [0.1, 0.15) is 30.0 Å². The Hall–Kier alpha value is -1.58. The maximum atomic E-state index is 10.7. The Labute approximate surface area is 76.3 Å². The molecule has 0 aromatic carbocycles. The molecule has 0 aliphatic carbocycles. The van der Waals surface area contributed by atoms with Crippen LogP contribution in [-0.2, 0) is 5.41 Å². The predicted octanol–water partition coefficient (Wildman–Crippen LogP) is 1.57. The lowest BCUT2D eigenvalue weighted by Gasteiger charge is -2.18. The van der Waals surface area contributed by atoms with Gasteiger partial charge in [-0.3, -0.25) is 0 Å². The highest BCUT2D eigenvalue weighted by molar-refractivity contribution is 5.87. The second kappa shape index (κ2) is 3.05. The first-order valence-corrected chi connectivity index (χ1v) is 3.90. The molecular formula is C9H12N2O2. The predicted molar refractivity (Wildman–Crippen MR) is 48.8 cm³/mol. The number of nitrogens with one attached hydrogen (secondary N) is 1. The number of aromatic amines is 1. The van der Waals surface area contributed by atoms with E-state index in [-0.39, 0.29) is 5.69 Å². The maximum Gasteiger partial charge on any atom is 0.356 e. The van der Waals surface area contributed by atoms with E-state index in [4.69, 9.17) is 5.11 Å². The van der Waals surface area contributed by atoms with Crippen LogP contribution in [0, 0.1) is 0 Å². The number of carbonyl (C=O) groups is 1. The highest BCUT2D eigenvalue weighted by atomic mass is 16.4. The van der Waals surface area contributed by atoms with Crippen LogP contribution in [-0.4, -0.2) is 21.0 Å². The first kappa shape index (κ1) is 9.51. The van der Waals surface area contributed by atoms with Crippen LogP contribution < -0.4 is 0 Å². The zero-order chi connectivity index (χ0) is 10.1. The fourth-order valence-corrected chi connectivity index (χ4v) is 1.05. The van der Waals surface area contributed by atoms with Crippen LogP contribution in [0.15, 0.2) is 19.0 Å². The molecule has 0 spiro atoms. The summed E-state index contributed by atoms with van der Waals surface area (Å²) >= 11 is 0. The molecule has 1 rings (SSSR count). The minimum Gasteiger partial charge on any atom is -0.476 e. The molecule has 1 heterocycles. The number of rotatable bonds is 3. The smallest absolute Gasteiger partial charge is 0.356 e. The minimum absolute atomic E-state index is 0.0601. The molecule has 4 nitrogen and oxygen atoms in total. The number of aromatic nitrogens is 2. The first-order chi connectivity index (χ1) is 5.99. The van der Waals surface area contributed by atoms with Gasteiger partial charge in [-0.05, 0) is 0 Å². The summed E-state index contributed by atoms with van der Waals surface area (Å²) < 4.78 is 0. The Bertz CT molecular complexity index is 339. The zero-order valence-electron chi connectivity index (χ0n) is 7.66. The van der Waals surface area contributed by atoms with Gasteiger partial charge >= 0.3 is 5.97 Å². The van der Waals surface area contributed by atoms with Gasteiger partial charge in [0.15, 0.2) is 5.69 Å². The molecule has 0 fully saturated rings. The van der Waals surface area contributed by atoms with Gasteiger partial charge in [0, 0.05) is 5.41 Å². The molecule has 0 bridgehead atoms. The van der Waals surface area contributed by atoms with Gasteiger partial charge in [-0.1, -0.05) is 19.9 Å². The Kier molecular flexibility index (Phi) is 2.23. The number of aromatic carboxylic acids is 1. The summed E-state index contributed by atoms with van der Waals surface area (Å²) in [5.74, 6) is -1.02. The van der Waals surface area contributed by atoms with Crippen molar-refractivity contribution in [3.63, 3.8) is 0 Å². The van der Waals surface area contributed by atoms with Crippen LogP contribution in [0.25, 0.3) is 0 Å². The Morgan fingerprint density at radius 2 is 2.38 bits per heavy atom. The van der Waals surface area contributed by atoms with E-state index in [2.05, 4.69) is 16.5 Å². The van der Waals surface area contributed by atoms with Gasteiger partial charge in [0.2, 0.25) is 0 Å². The molecule has 0 amide bonds. The van der Waals surface area contributed by atoms with E-state index in [0.29, 0.717) is 5.69 Å². The average Bonchev–Trinajstić information content (AvgIpc) is 2.52.